The molecule has 6 aromatic heterocycles. The molecule has 0 unspecified atom stereocenters. The molecule has 6 heterocycles. The van der Waals surface area contributed by atoms with Crippen LogP contribution in [0.2, 0.25) is 0 Å². The summed E-state index contributed by atoms with van der Waals surface area (Å²) in [5.74, 6) is -6.10. The van der Waals surface area contributed by atoms with Gasteiger partial charge >= 0.3 is 29.8 Å². The van der Waals surface area contributed by atoms with E-state index in [1.54, 1.807) is 62.7 Å². The number of aryl methyl sites for hydroxylation is 4. The molecule has 22 nitrogen and oxygen atoms in total. The van der Waals surface area contributed by atoms with Crippen LogP contribution in [-0.2, 0) is 54.9 Å². The predicted molar refractivity (Wildman–Crippen MR) is 550 cm³/mol. The number of halogens is 2. The van der Waals surface area contributed by atoms with Gasteiger partial charge < -0.3 is 52.6 Å². The molecular formula is C118H92F2N12O10. The summed E-state index contributed by atoms with van der Waals surface area (Å²) in [6.45, 7) is 13.7. The van der Waals surface area contributed by atoms with Crippen molar-refractivity contribution >= 4 is 132 Å². The van der Waals surface area contributed by atoms with E-state index in [1.807, 2.05) is 278 Å². The van der Waals surface area contributed by atoms with Crippen molar-refractivity contribution in [1.29, 1.82) is 31.6 Å². The predicted octanol–water partition coefficient (Wildman–Crippen LogP) is 24.9. The van der Waals surface area contributed by atoms with E-state index in [9.17, 15) is 38.0 Å². The number of benzene rings is 12. The van der Waals surface area contributed by atoms with Crippen LogP contribution in [0.25, 0.3) is 113 Å². The summed E-state index contributed by atoms with van der Waals surface area (Å²) in [4.78, 5) is 56.3. The van der Waals surface area contributed by atoms with Crippen LogP contribution in [0.3, 0.4) is 0 Å². The van der Waals surface area contributed by atoms with Crippen LogP contribution in [0.4, 0.5) is 8.78 Å². The Bertz CT molecular complexity index is 8300. The number of aliphatic carboxylic acids is 4. The molecule has 0 aliphatic heterocycles. The van der Waals surface area contributed by atoms with Gasteiger partial charge in [-0.25, -0.2) is 32.8 Å². The zero-order chi connectivity index (χ0) is 101. The second-order valence-corrected chi connectivity index (χ2v) is 32.9. The van der Waals surface area contributed by atoms with E-state index >= 15 is 0 Å². The number of allylic oxidation sites excluding steroid dienone is 1. The molecule has 0 spiro atoms. The van der Waals surface area contributed by atoms with Crippen LogP contribution >= 0.6 is 0 Å². The van der Waals surface area contributed by atoms with E-state index < -0.39 is 29.8 Å². The van der Waals surface area contributed by atoms with Crippen molar-refractivity contribution in [2.45, 2.75) is 67.7 Å². The van der Waals surface area contributed by atoms with Gasteiger partial charge in [-0.1, -0.05) is 224 Å². The quantitative estimate of drug-likeness (QED) is 0.0278. The summed E-state index contributed by atoms with van der Waals surface area (Å²) in [5, 5.41) is 96.1. The Morgan fingerprint density at radius 1 is 0.317 bits per heavy atom. The first-order valence-corrected chi connectivity index (χ1v) is 44.7. The average Bonchev–Trinajstić information content (AvgIpc) is 1.63. The minimum absolute atomic E-state index is 0.00413. The van der Waals surface area contributed by atoms with Crippen LogP contribution < -0.4 is 0 Å². The van der Waals surface area contributed by atoms with Gasteiger partial charge in [-0.15, -0.1) is 0 Å². The third-order valence-corrected chi connectivity index (χ3v) is 23.0. The van der Waals surface area contributed by atoms with Crippen molar-refractivity contribution in [3.63, 3.8) is 0 Å². The van der Waals surface area contributed by atoms with Crippen molar-refractivity contribution in [2.24, 2.45) is 0 Å². The second-order valence-electron chi connectivity index (χ2n) is 32.9. The smallest absolute Gasteiger partial charge is 0.348 e. The summed E-state index contributed by atoms with van der Waals surface area (Å²) in [6.07, 6.45) is 20.5. The Labute approximate surface area is 817 Å². The lowest BCUT2D eigenvalue weighted by molar-refractivity contribution is -0.138. The number of carbonyl (C=O) groups is 5. The second kappa shape index (κ2) is 47.1. The topological polar surface area (TPSA) is 348 Å². The molecule has 18 aromatic rings. The Morgan fingerprint density at radius 3 is 1.04 bits per heavy atom. The highest BCUT2D eigenvalue weighted by Gasteiger charge is 2.20. The first-order valence-electron chi connectivity index (χ1n) is 44.7. The van der Waals surface area contributed by atoms with Gasteiger partial charge in [-0.05, 0) is 190 Å². The van der Waals surface area contributed by atoms with E-state index in [1.165, 1.54) is 53.6 Å². The standard InChI is InChI=1S/C21H18N2O2.2C20H15FN2O2.C20H16N2O2.C19H14N2O2.C18H14N2/c1-2-25-21(24)17(13-22)12-18-15-23(14-16-8-4-3-5-9-16)20-11-7-6-10-19(18)20;1-13-6-14(8-17(21)7-13)11-23-12-16(9-15(10-22)20(24)25)18-4-2-3-5-19(18)23;1-13-6-7-14(8-18(13)21)11-23-12-16(9-15(10-22)20(24)25)17-4-2-3-5-19(17)23;1-14-6-8-15(9-7-14)12-22-13-17(10-16(11-21)20(23)24)18-4-2-3-5-19(18)22;1-13-6-2-4-8-17(13)21-12-15(10-14(11-20)19(22)23)16-7-3-5-9-18(16)21;1-14(12-19)11-15-13-20(16-7-3-2-4-8-16)18-10-6-5-9-17(15)18/h3-12,15H,2,14H2,1H3;2*2-9,12H,11H2,1H3,(H,24,25);2-10,13H,12H2,1H3,(H,23,24);2-10,12H,1H3,(H,22,23);2-11,13H,1H3/b17-12+;2*15-9+;16-10+;14-10+;14-11-. The van der Waals surface area contributed by atoms with Gasteiger partial charge in [0.1, 0.15) is 69.8 Å². The van der Waals surface area contributed by atoms with E-state index in [0.717, 1.165) is 128 Å². The number of hydrogen-bond acceptors (Lipinski definition) is 12. The summed E-state index contributed by atoms with van der Waals surface area (Å²) in [6, 6.07) is 104. The molecule has 0 saturated heterocycles. The molecule has 4 N–H and O–H groups in total. The van der Waals surface area contributed by atoms with Gasteiger partial charge in [0.25, 0.3) is 0 Å². The van der Waals surface area contributed by atoms with Crippen molar-refractivity contribution in [1.82, 2.24) is 27.4 Å². The number of carboxylic acid groups (broad SMARTS) is 4. The molecular weight excluding hydrogens is 1780 g/mol. The Balaban J connectivity index is 0.000000143. The van der Waals surface area contributed by atoms with Crippen molar-refractivity contribution < 1.29 is 57.9 Å². The molecule has 0 saturated carbocycles. The van der Waals surface area contributed by atoms with Gasteiger partial charge in [0, 0.05) is 168 Å². The summed E-state index contributed by atoms with van der Waals surface area (Å²) < 4.78 is 44.6. The highest BCUT2D eigenvalue weighted by molar-refractivity contribution is 6.05. The van der Waals surface area contributed by atoms with Crippen LogP contribution in [0.1, 0.15) is 91.7 Å². The monoisotopic (exact) mass is 1870 g/mol. The molecule has 18 rings (SSSR count). The number of nitrogens with zero attached hydrogens (tertiary/aromatic N) is 12. The molecule has 0 bridgehead atoms. The fraction of sp³-hybridized carbons (Fsp3) is 0.0932. The third kappa shape index (κ3) is 24.8. The molecule has 24 heteroatoms. The van der Waals surface area contributed by atoms with Crippen molar-refractivity contribution in [3.8, 4) is 47.8 Å². The van der Waals surface area contributed by atoms with Gasteiger partial charge in [0.15, 0.2) is 0 Å². The highest BCUT2D eigenvalue weighted by Crippen LogP contribution is 2.34. The van der Waals surface area contributed by atoms with Gasteiger partial charge in [-0.3, -0.25) is 0 Å². The first kappa shape index (κ1) is 99.9. The fourth-order valence-electron chi connectivity index (χ4n) is 16.2. The van der Waals surface area contributed by atoms with E-state index in [0.29, 0.717) is 47.5 Å². The Hall–Kier alpha value is -19.5. The Morgan fingerprint density at radius 2 is 0.648 bits per heavy atom. The molecule has 0 amide bonds. The van der Waals surface area contributed by atoms with E-state index in [4.69, 9.17) is 51.5 Å². The Kier molecular flexibility index (Phi) is 33.1. The lowest BCUT2D eigenvalue weighted by atomic mass is 10.1. The lowest BCUT2D eigenvalue weighted by Gasteiger charge is -2.08. The molecule has 0 aliphatic carbocycles. The fourth-order valence-corrected chi connectivity index (χ4v) is 16.2. The SMILES string of the molecule is C/C(C#N)=C/c1cn(-c2ccccc2)c2ccccc12.CCOC(=O)/C(C#N)=C/c1cn(Cc2ccccc2)c2ccccc12.Cc1cc(F)cc(Cn2cc(/C=C(\C#N)C(=O)O)c3ccccc32)c1.Cc1ccc(Cn2cc(/C=C(\C#N)C(=O)O)c3ccccc32)cc1.Cc1ccc(Cn2cc(/C=C(\C#N)C(=O)O)c3ccccc32)cc1F.Cc1ccccc1-n1cc(/C=C(\C#N)C(=O)O)c2ccccc21. The number of aromatic nitrogens is 6. The van der Waals surface area contributed by atoms with E-state index in [2.05, 4.69) is 86.6 Å². The minimum Gasteiger partial charge on any atom is -0.477 e. The normalized spacial score (nSPS) is 11.4. The summed E-state index contributed by atoms with van der Waals surface area (Å²) >= 11 is 0. The number of carboxylic acids is 4. The van der Waals surface area contributed by atoms with Crippen LogP contribution in [0, 0.1) is 107 Å². The number of fused-ring (bicyclic) bond motifs is 6. The third-order valence-electron chi connectivity index (χ3n) is 23.0. The zero-order valence-corrected chi connectivity index (χ0v) is 78.0. The highest BCUT2D eigenvalue weighted by atomic mass is 19.1. The number of carbonyl (C=O) groups excluding carboxylic acids is 1. The number of para-hydroxylation sites is 8. The van der Waals surface area contributed by atoms with Gasteiger partial charge in [0.2, 0.25) is 0 Å². The van der Waals surface area contributed by atoms with Crippen LogP contribution in [-0.4, -0.2) is 84.3 Å². The van der Waals surface area contributed by atoms with E-state index in [-0.39, 0.29) is 46.1 Å². The number of ether oxygens (including phenoxy) is 1. The maximum Gasteiger partial charge on any atom is 0.348 e. The molecule has 0 radical (unpaired) electrons. The average molecular weight is 1880 g/mol. The molecule has 0 fully saturated rings. The summed E-state index contributed by atoms with van der Waals surface area (Å²) in [5.41, 5.74) is 19.9. The zero-order valence-electron chi connectivity index (χ0n) is 78.0. The van der Waals surface area contributed by atoms with Gasteiger partial charge in [0.05, 0.1) is 23.7 Å². The first-order chi connectivity index (χ1) is 68.7. The summed E-state index contributed by atoms with van der Waals surface area (Å²) in [7, 11) is 0. The molecule has 0 aliphatic rings. The molecule has 698 valence electrons. The molecule has 12 aromatic carbocycles. The minimum atomic E-state index is -1.26. The lowest BCUT2D eigenvalue weighted by Crippen LogP contribution is -2.05. The maximum atomic E-state index is 13.8. The molecule has 142 heavy (non-hydrogen) atoms. The van der Waals surface area contributed by atoms with Gasteiger partial charge in [-0.2, -0.15) is 31.6 Å². The number of esters is 1. The maximum absolute atomic E-state index is 13.8. The van der Waals surface area contributed by atoms with Crippen molar-refractivity contribution in [3.05, 3.63) is 451 Å². The number of nitriles is 6. The van der Waals surface area contributed by atoms with Crippen LogP contribution in [0.15, 0.2) is 362 Å². The van der Waals surface area contributed by atoms with Crippen molar-refractivity contribution in [2.75, 3.05) is 6.61 Å². The largest absolute Gasteiger partial charge is 0.477 e. The number of hydrogen-bond donors (Lipinski definition) is 4. The van der Waals surface area contributed by atoms with Crippen LogP contribution in [0.5, 0.6) is 0 Å². The molecule has 0 atom stereocenters. The number of rotatable bonds is 22.